The fraction of sp³-hybridized carbons (Fsp3) is 0.346. The number of carbonyl (C=O) groups is 1. The first-order valence-electron chi connectivity index (χ1n) is 11.6. The average Bonchev–Trinajstić information content (AvgIpc) is 2.84. The van der Waals surface area contributed by atoms with Crippen LogP contribution in [-0.4, -0.2) is 72.2 Å². The molecule has 0 spiro atoms. The van der Waals surface area contributed by atoms with Crippen LogP contribution >= 0.6 is 0 Å². The smallest absolute Gasteiger partial charge is 0.222 e. The second-order valence-corrected chi connectivity index (χ2v) is 8.74. The van der Waals surface area contributed by atoms with Crippen molar-refractivity contribution in [3.8, 4) is 17.0 Å². The van der Waals surface area contributed by atoms with E-state index < -0.39 is 11.6 Å². The molecular formula is C26H30FN5O3. The molecule has 9 heteroatoms. The molecule has 3 aromatic rings. The maximum atomic E-state index is 14.4. The maximum absolute atomic E-state index is 14.4. The minimum absolute atomic E-state index is 0.0323. The highest BCUT2D eigenvalue weighted by atomic mass is 19.1. The fourth-order valence-corrected chi connectivity index (χ4v) is 4.10. The lowest BCUT2D eigenvalue weighted by Gasteiger charge is -2.27. The molecule has 1 aromatic heterocycles. The number of halogens is 1. The summed E-state index contributed by atoms with van der Waals surface area (Å²) in [4.78, 5) is 25.9. The van der Waals surface area contributed by atoms with Crippen LogP contribution in [0.5, 0.6) is 5.75 Å². The predicted octanol–water partition coefficient (Wildman–Crippen LogP) is 3.27. The van der Waals surface area contributed by atoms with Gasteiger partial charge in [0.1, 0.15) is 17.4 Å². The van der Waals surface area contributed by atoms with Crippen LogP contribution in [0.4, 0.5) is 16.2 Å². The molecule has 1 fully saturated rings. The molecule has 35 heavy (non-hydrogen) atoms. The highest BCUT2D eigenvalue weighted by Gasteiger charge is 2.18. The fourth-order valence-electron chi connectivity index (χ4n) is 4.10. The Kier molecular flexibility index (Phi) is 7.57. The quantitative estimate of drug-likeness (QED) is 0.475. The van der Waals surface area contributed by atoms with Crippen molar-refractivity contribution in [2.45, 2.75) is 13.3 Å². The molecule has 8 nitrogen and oxygen atoms in total. The molecule has 4 rings (SSSR count). The summed E-state index contributed by atoms with van der Waals surface area (Å²) in [6.45, 7) is 6.88. The number of aryl methyl sites for hydroxylation is 1. The molecule has 2 heterocycles. The number of hydrogen-bond acceptors (Lipinski definition) is 8. The summed E-state index contributed by atoms with van der Waals surface area (Å²) in [5.74, 6) is -0.471. The van der Waals surface area contributed by atoms with E-state index in [9.17, 15) is 14.3 Å². The van der Waals surface area contributed by atoms with Crippen molar-refractivity contribution in [3.63, 3.8) is 0 Å². The average molecular weight is 480 g/mol. The van der Waals surface area contributed by atoms with E-state index in [0.29, 0.717) is 17.1 Å². The first-order chi connectivity index (χ1) is 16.8. The van der Waals surface area contributed by atoms with Crippen molar-refractivity contribution in [2.75, 3.05) is 57.1 Å². The molecule has 2 aromatic carbocycles. The van der Waals surface area contributed by atoms with E-state index in [1.165, 1.54) is 30.3 Å². The van der Waals surface area contributed by atoms with E-state index in [1.807, 2.05) is 11.9 Å². The number of phenolic OH excluding ortho intramolecular Hbond substituents is 1. The second kappa shape index (κ2) is 10.8. The Bertz CT molecular complexity index is 1210. The molecule has 1 aliphatic rings. The van der Waals surface area contributed by atoms with E-state index in [4.69, 9.17) is 10.5 Å². The van der Waals surface area contributed by atoms with Crippen molar-refractivity contribution < 1.29 is 19.0 Å². The standard InChI is InChI=1S/C26H30FN5O3/c1-17-4-6-19(21(27)14-17)25(34)18-5-7-23(33)20(15-18)22-16-24(30-26(28)29-22)31(2)8-3-9-32-10-12-35-13-11-32/h4-7,14-16,33H,3,8-13H2,1-2H3,(H2,28,29,30). The molecule has 0 saturated carbocycles. The Labute approximate surface area is 204 Å². The van der Waals surface area contributed by atoms with Gasteiger partial charge in [0.25, 0.3) is 0 Å². The number of rotatable bonds is 8. The number of nitrogens with two attached hydrogens (primary N) is 1. The molecule has 0 unspecified atom stereocenters. The molecule has 0 amide bonds. The summed E-state index contributed by atoms with van der Waals surface area (Å²) in [6, 6.07) is 10.6. The number of benzene rings is 2. The molecule has 0 atom stereocenters. The number of aromatic nitrogens is 2. The van der Waals surface area contributed by atoms with Crippen LogP contribution in [0.1, 0.15) is 27.9 Å². The third-order valence-corrected chi connectivity index (χ3v) is 6.10. The molecule has 1 aliphatic heterocycles. The van der Waals surface area contributed by atoms with E-state index in [1.54, 1.807) is 19.1 Å². The minimum atomic E-state index is -0.586. The lowest BCUT2D eigenvalue weighted by molar-refractivity contribution is 0.0377. The summed E-state index contributed by atoms with van der Waals surface area (Å²) < 4.78 is 19.8. The Morgan fingerprint density at radius 2 is 1.94 bits per heavy atom. The topological polar surface area (TPSA) is 105 Å². The summed E-state index contributed by atoms with van der Waals surface area (Å²) in [5, 5.41) is 10.5. The summed E-state index contributed by atoms with van der Waals surface area (Å²) in [6.07, 6.45) is 0.938. The number of ether oxygens (including phenoxy) is 1. The van der Waals surface area contributed by atoms with E-state index in [0.717, 1.165) is 51.4 Å². The third kappa shape index (κ3) is 5.93. The zero-order chi connectivity index (χ0) is 24.9. The van der Waals surface area contributed by atoms with Gasteiger partial charge in [-0.3, -0.25) is 9.69 Å². The first-order valence-corrected chi connectivity index (χ1v) is 11.6. The number of nitrogens with zero attached hydrogens (tertiary/aromatic N) is 4. The van der Waals surface area contributed by atoms with Crippen LogP contribution in [-0.2, 0) is 4.74 Å². The van der Waals surface area contributed by atoms with Crippen LogP contribution in [0.2, 0.25) is 0 Å². The van der Waals surface area contributed by atoms with E-state index in [-0.39, 0.29) is 22.8 Å². The van der Waals surface area contributed by atoms with E-state index in [2.05, 4.69) is 14.9 Å². The lowest BCUT2D eigenvalue weighted by atomic mass is 9.98. The van der Waals surface area contributed by atoms with Crippen molar-refractivity contribution in [2.24, 2.45) is 0 Å². The third-order valence-electron chi connectivity index (χ3n) is 6.10. The van der Waals surface area contributed by atoms with Gasteiger partial charge in [-0.05, 0) is 49.2 Å². The summed E-state index contributed by atoms with van der Waals surface area (Å²) in [7, 11) is 1.92. The molecule has 0 bridgehead atoms. The molecule has 0 aliphatic carbocycles. The highest BCUT2D eigenvalue weighted by molar-refractivity contribution is 6.10. The molecule has 3 N–H and O–H groups in total. The lowest BCUT2D eigenvalue weighted by Crippen LogP contribution is -2.38. The van der Waals surface area contributed by atoms with Crippen molar-refractivity contribution in [3.05, 3.63) is 65.0 Å². The Balaban J connectivity index is 1.54. The van der Waals surface area contributed by atoms with Gasteiger partial charge in [0.05, 0.1) is 24.5 Å². The van der Waals surface area contributed by atoms with Gasteiger partial charge >= 0.3 is 0 Å². The number of anilines is 2. The number of hydrogen-bond donors (Lipinski definition) is 2. The number of morpholine rings is 1. The van der Waals surface area contributed by atoms with Gasteiger partial charge in [-0.2, -0.15) is 4.98 Å². The highest BCUT2D eigenvalue weighted by Crippen LogP contribution is 2.32. The van der Waals surface area contributed by atoms with Crippen molar-refractivity contribution in [1.29, 1.82) is 0 Å². The van der Waals surface area contributed by atoms with E-state index >= 15 is 0 Å². The summed E-state index contributed by atoms with van der Waals surface area (Å²) in [5.41, 5.74) is 7.61. The number of nitrogen functional groups attached to an aromatic ring is 1. The van der Waals surface area contributed by atoms with Gasteiger partial charge in [0, 0.05) is 50.4 Å². The van der Waals surface area contributed by atoms with Crippen LogP contribution < -0.4 is 10.6 Å². The number of ketones is 1. The van der Waals surface area contributed by atoms with Crippen LogP contribution in [0, 0.1) is 12.7 Å². The zero-order valence-electron chi connectivity index (χ0n) is 20.0. The van der Waals surface area contributed by atoms with Crippen molar-refractivity contribution in [1.82, 2.24) is 14.9 Å². The first kappa shape index (κ1) is 24.6. The molecule has 1 saturated heterocycles. The Morgan fingerprint density at radius 1 is 1.17 bits per heavy atom. The van der Waals surface area contributed by atoms with Gasteiger partial charge in [-0.1, -0.05) is 6.07 Å². The number of phenols is 1. The monoisotopic (exact) mass is 479 g/mol. The maximum Gasteiger partial charge on any atom is 0.222 e. The van der Waals surface area contributed by atoms with Gasteiger partial charge in [0.15, 0.2) is 5.78 Å². The minimum Gasteiger partial charge on any atom is -0.507 e. The van der Waals surface area contributed by atoms with Gasteiger partial charge in [-0.15, -0.1) is 0 Å². The molecule has 184 valence electrons. The second-order valence-electron chi connectivity index (χ2n) is 8.74. The largest absolute Gasteiger partial charge is 0.507 e. The molecular weight excluding hydrogens is 449 g/mol. The number of carbonyl (C=O) groups excluding carboxylic acids is 1. The van der Waals surface area contributed by atoms with Crippen LogP contribution in [0.15, 0.2) is 42.5 Å². The summed E-state index contributed by atoms with van der Waals surface area (Å²) >= 11 is 0. The molecule has 0 radical (unpaired) electrons. The van der Waals surface area contributed by atoms with Crippen molar-refractivity contribution >= 4 is 17.5 Å². The SMILES string of the molecule is Cc1ccc(C(=O)c2ccc(O)c(-c3cc(N(C)CCCN4CCOCC4)nc(N)n3)c2)c(F)c1. The Hall–Kier alpha value is -3.56. The van der Waals surface area contributed by atoms with Gasteiger partial charge in [0.2, 0.25) is 5.95 Å². The normalized spacial score (nSPS) is 14.1. The Morgan fingerprint density at radius 3 is 2.69 bits per heavy atom. The van der Waals surface area contributed by atoms with Crippen LogP contribution in [0.3, 0.4) is 0 Å². The zero-order valence-corrected chi connectivity index (χ0v) is 20.0. The number of aromatic hydroxyl groups is 1. The van der Waals surface area contributed by atoms with Crippen LogP contribution in [0.25, 0.3) is 11.3 Å². The van der Waals surface area contributed by atoms with Gasteiger partial charge in [-0.25, -0.2) is 9.37 Å². The van der Waals surface area contributed by atoms with Gasteiger partial charge < -0.3 is 20.5 Å². The predicted molar refractivity (Wildman–Crippen MR) is 133 cm³/mol.